The molecule has 3 aromatic rings. The molecule has 0 heterocycles. The first kappa shape index (κ1) is 27.2. The molecule has 0 unspecified atom stereocenters. The van der Waals surface area contributed by atoms with E-state index in [0.29, 0.717) is 19.0 Å². The molecule has 0 saturated heterocycles. The number of phenols is 1. The molecule has 0 spiro atoms. The zero-order chi connectivity index (χ0) is 23.3. The summed E-state index contributed by atoms with van der Waals surface area (Å²) in [5.74, 6) is 0.429. The van der Waals surface area contributed by atoms with Gasteiger partial charge in [-0.3, -0.25) is 0 Å². The molecule has 0 fully saturated rings. The van der Waals surface area contributed by atoms with Gasteiger partial charge in [0.1, 0.15) is 14.1 Å². The van der Waals surface area contributed by atoms with Gasteiger partial charge < -0.3 is 36.5 Å². The van der Waals surface area contributed by atoms with Crippen LogP contribution in [0.5, 0.6) is 11.5 Å². The zero-order valence-electron chi connectivity index (χ0n) is 19.5. The predicted molar refractivity (Wildman–Crippen MR) is 128 cm³/mol. The van der Waals surface area contributed by atoms with Crippen LogP contribution >= 0.6 is 0 Å². The average Bonchev–Trinajstić information content (AvgIpc) is 2.83. The molecule has 1 N–H and O–H groups in total. The molecule has 3 rings (SSSR count). The molecule has 0 aliphatic heterocycles. The maximum atomic E-state index is 10.2. The van der Waals surface area contributed by atoms with Crippen molar-refractivity contribution < 1.29 is 41.0 Å². The van der Waals surface area contributed by atoms with Gasteiger partial charge in [-0.1, -0.05) is 72.8 Å². The minimum atomic E-state index is -0.519. The molecule has 182 valence electrons. The quantitative estimate of drug-likeness (QED) is 0.224. The monoisotopic (exact) mass is 485 g/mol. The standard InChI is InChI=1S/C27H31NO5.ClH/c1-28(2)21-32-26(19-30-17-22-11-5-3-6-12-22)27(33-25-16-10-9-15-24(25)29)20-31-18-23-13-7-4-8-14-23;/h3-16,21,26-27H,17-20H2,1-2H3;1H/t26-,27+;/m0./s1. The molecular weight excluding hydrogens is 454 g/mol. The Morgan fingerprint density at radius 1 is 0.735 bits per heavy atom. The van der Waals surface area contributed by atoms with Gasteiger partial charge in [0, 0.05) is 0 Å². The van der Waals surface area contributed by atoms with E-state index in [-0.39, 0.29) is 31.4 Å². The van der Waals surface area contributed by atoms with Crippen LogP contribution in [0.3, 0.4) is 0 Å². The number of nitrogens with zero attached hydrogens (tertiary/aromatic N) is 1. The molecule has 0 aromatic heterocycles. The van der Waals surface area contributed by atoms with Gasteiger partial charge in [0.05, 0.1) is 26.4 Å². The first-order valence-electron chi connectivity index (χ1n) is 10.9. The number of benzene rings is 3. The predicted octanol–water partition coefficient (Wildman–Crippen LogP) is 1.26. The highest BCUT2D eigenvalue weighted by Gasteiger charge is 2.27. The number of halogens is 1. The van der Waals surface area contributed by atoms with E-state index in [1.54, 1.807) is 24.6 Å². The largest absolute Gasteiger partial charge is 1.00 e. The van der Waals surface area contributed by atoms with Crippen LogP contribution in [0, 0.1) is 0 Å². The van der Waals surface area contributed by atoms with Crippen LogP contribution in [-0.4, -0.2) is 55.6 Å². The molecule has 7 heteroatoms. The molecule has 0 aliphatic carbocycles. The number of hydrogen-bond acceptors (Lipinski definition) is 5. The third-order valence-corrected chi connectivity index (χ3v) is 4.79. The highest BCUT2D eigenvalue weighted by atomic mass is 35.5. The highest BCUT2D eigenvalue weighted by molar-refractivity contribution is 5.40. The van der Waals surface area contributed by atoms with Crippen molar-refractivity contribution in [3.63, 3.8) is 0 Å². The molecule has 2 atom stereocenters. The highest BCUT2D eigenvalue weighted by Crippen LogP contribution is 2.27. The normalized spacial score (nSPS) is 12.2. The molecule has 0 saturated carbocycles. The van der Waals surface area contributed by atoms with Crippen LogP contribution in [0.25, 0.3) is 0 Å². The van der Waals surface area contributed by atoms with E-state index in [4.69, 9.17) is 18.9 Å². The summed E-state index contributed by atoms with van der Waals surface area (Å²) >= 11 is 0. The van der Waals surface area contributed by atoms with E-state index < -0.39 is 12.2 Å². The van der Waals surface area contributed by atoms with Crippen LogP contribution in [-0.2, 0) is 27.4 Å². The van der Waals surface area contributed by atoms with E-state index in [1.165, 1.54) is 0 Å². The zero-order valence-corrected chi connectivity index (χ0v) is 20.3. The lowest BCUT2D eigenvalue weighted by Gasteiger charge is -2.26. The van der Waals surface area contributed by atoms with Gasteiger partial charge in [-0.2, -0.15) is 0 Å². The SMILES string of the molecule is C[N+](C)=CO[C@@H](COCc1ccccc1)[C@@H](COCc1ccccc1)Oc1ccccc1O.[Cl-]. The van der Waals surface area contributed by atoms with Crippen molar-refractivity contribution in [2.45, 2.75) is 25.4 Å². The first-order valence-corrected chi connectivity index (χ1v) is 10.9. The minimum absolute atomic E-state index is 0. The van der Waals surface area contributed by atoms with Crippen molar-refractivity contribution in [1.29, 1.82) is 0 Å². The van der Waals surface area contributed by atoms with Crippen molar-refractivity contribution in [1.82, 2.24) is 0 Å². The Balaban J connectivity index is 0.00000408. The second kappa shape index (κ2) is 15.0. The van der Waals surface area contributed by atoms with E-state index in [9.17, 15) is 5.11 Å². The second-order valence-corrected chi connectivity index (χ2v) is 7.87. The Morgan fingerprint density at radius 3 is 1.76 bits per heavy atom. The third kappa shape index (κ3) is 9.43. The number of para-hydroxylation sites is 2. The van der Waals surface area contributed by atoms with Gasteiger partial charge in [-0.25, -0.2) is 4.58 Å². The van der Waals surface area contributed by atoms with Crippen LogP contribution in [0.15, 0.2) is 84.9 Å². The molecule has 34 heavy (non-hydrogen) atoms. The Morgan fingerprint density at radius 2 is 1.24 bits per heavy atom. The molecule has 6 nitrogen and oxygen atoms in total. The fraction of sp³-hybridized carbons (Fsp3) is 0.296. The number of rotatable bonds is 13. The molecule has 3 aromatic carbocycles. The van der Waals surface area contributed by atoms with Crippen molar-refractivity contribution in [3.05, 3.63) is 96.1 Å². The van der Waals surface area contributed by atoms with Gasteiger partial charge in [0.15, 0.2) is 23.7 Å². The van der Waals surface area contributed by atoms with Gasteiger partial charge >= 0.3 is 6.40 Å². The fourth-order valence-corrected chi connectivity index (χ4v) is 3.11. The van der Waals surface area contributed by atoms with Crippen molar-refractivity contribution in [2.75, 3.05) is 27.3 Å². The summed E-state index contributed by atoms with van der Waals surface area (Å²) in [6.45, 7) is 1.43. The van der Waals surface area contributed by atoms with Crippen LogP contribution in [0.4, 0.5) is 0 Å². The molecule has 0 bridgehead atoms. The van der Waals surface area contributed by atoms with Gasteiger partial charge in [-0.05, 0) is 23.3 Å². The van der Waals surface area contributed by atoms with E-state index in [0.717, 1.165) is 11.1 Å². The summed E-state index contributed by atoms with van der Waals surface area (Å²) < 4.78 is 25.9. The smallest absolute Gasteiger partial charge is 0.323 e. The molecule has 0 radical (unpaired) electrons. The Kier molecular flexibility index (Phi) is 12.0. The summed E-state index contributed by atoms with van der Waals surface area (Å²) in [5, 5.41) is 10.2. The molecule has 0 amide bonds. The van der Waals surface area contributed by atoms with Crippen LogP contribution in [0.2, 0.25) is 0 Å². The Labute approximate surface area is 207 Å². The lowest BCUT2D eigenvalue weighted by Crippen LogP contribution is -3.00. The van der Waals surface area contributed by atoms with Crippen molar-refractivity contribution in [2.24, 2.45) is 0 Å². The fourth-order valence-electron chi connectivity index (χ4n) is 3.11. The summed E-state index contributed by atoms with van der Waals surface area (Å²) in [5.41, 5.74) is 2.14. The van der Waals surface area contributed by atoms with Gasteiger partial charge in [0.2, 0.25) is 0 Å². The van der Waals surface area contributed by atoms with Gasteiger partial charge in [0.25, 0.3) is 0 Å². The summed E-state index contributed by atoms with van der Waals surface area (Å²) in [6.07, 6.45) is 0.634. The average molecular weight is 486 g/mol. The summed E-state index contributed by atoms with van der Waals surface area (Å²) in [6, 6.07) is 26.8. The lowest BCUT2D eigenvalue weighted by atomic mass is 10.2. The maximum absolute atomic E-state index is 10.2. The number of phenolic OH excluding ortho intramolecular Hbond substituents is 1. The van der Waals surface area contributed by atoms with Gasteiger partial charge in [-0.15, -0.1) is 0 Å². The summed E-state index contributed by atoms with van der Waals surface area (Å²) in [7, 11) is 3.76. The minimum Gasteiger partial charge on any atom is -1.00 e. The van der Waals surface area contributed by atoms with Crippen LogP contribution in [0.1, 0.15) is 11.1 Å². The van der Waals surface area contributed by atoms with E-state index in [1.807, 2.05) is 85.4 Å². The topological polar surface area (TPSA) is 60.2 Å². The maximum Gasteiger partial charge on any atom is 0.323 e. The van der Waals surface area contributed by atoms with Crippen molar-refractivity contribution >= 4 is 6.40 Å². The lowest BCUT2D eigenvalue weighted by molar-refractivity contribution is -0.469. The summed E-state index contributed by atoms with van der Waals surface area (Å²) in [4.78, 5) is 0. The number of ether oxygens (including phenoxy) is 4. The third-order valence-electron chi connectivity index (χ3n) is 4.79. The van der Waals surface area contributed by atoms with Crippen LogP contribution < -0.4 is 17.1 Å². The number of hydrogen-bond donors (Lipinski definition) is 1. The second-order valence-electron chi connectivity index (χ2n) is 7.87. The Hall–Kier alpha value is -3.06. The first-order chi connectivity index (χ1) is 16.1. The number of aromatic hydroxyl groups is 1. The van der Waals surface area contributed by atoms with E-state index >= 15 is 0 Å². The molecule has 0 aliphatic rings. The Bertz CT molecular complexity index is 981. The molecular formula is C27H32ClNO5. The van der Waals surface area contributed by atoms with E-state index in [2.05, 4.69) is 0 Å². The van der Waals surface area contributed by atoms with Crippen molar-refractivity contribution in [3.8, 4) is 11.5 Å².